The molecule has 2 N–H and O–H groups in total. The highest BCUT2D eigenvalue weighted by Crippen LogP contribution is 2.32. The molecule has 2 atom stereocenters. The number of hydrogen-bond acceptors (Lipinski definition) is 3. The van der Waals surface area contributed by atoms with Crippen molar-refractivity contribution in [1.29, 1.82) is 0 Å². The number of rotatable bonds is 1. The minimum atomic E-state index is -0.0384. The Morgan fingerprint density at radius 2 is 1.65 bits per heavy atom. The van der Waals surface area contributed by atoms with E-state index in [1.54, 1.807) is 0 Å². The first-order valence-corrected chi connectivity index (χ1v) is 6.97. The fourth-order valence-electron chi connectivity index (χ4n) is 3.64. The molecule has 1 heterocycles. The Morgan fingerprint density at radius 1 is 1.06 bits per heavy atom. The summed E-state index contributed by atoms with van der Waals surface area (Å²) < 4.78 is 6.14. The van der Waals surface area contributed by atoms with Crippen LogP contribution in [0.3, 0.4) is 0 Å². The molecule has 100 valence electrons. The van der Waals surface area contributed by atoms with Crippen LogP contribution in [0.4, 0.5) is 0 Å². The molecule has 2 rings (SSSR count). The van der Waals surface area contributed by atoms with E-state index in [0.717, 1.165) is 19.5 Å². The number of nitrogens with two attached hydrogens (primary N) is 1. The SMILES string of the molecule is CC1(C)CN(C2CCCC(N)C2)CC(C)(C)O1. The molecule has 3 nitrogen and oxygen atoms in total. The summed E-state index contributed by atoms with van der Waals surface area (Å²) in [5.41, 5.74) is 6.03. The monoisotopic (exact) mass is 240 g/mol. The molecule has 1 aliphatic carbocycles. The van der Waals surface area contributed by atoms with E-state index in [1.807, 2.05) is 0 Å². The molecule has 1 aliphatic heterocycles. The van der Waals surface area contributed by atoms with Gasteiger partial charge in [0.1, 0.15) is 0 Å². The molecule has 2 aliphatic rings. The molecule has 0 aromatic rings. The first-order chi connectivity index (χ1) is 7.77. The van der Waals surface area contributed by atoms with E-state index >= 15 is 0 Å². The van der Waals surface area contributed by atoms with Gasteiger partial charge in [-0.2, -0.15) is 0 Å². The van der Waals surface area contributed by atoms with Crippen molar-refractivity contribution in [2.75, 3.05) is 13.1 Å². The van der Waals surface area contributed by atoms with Crippen molar-refractivity contribution in [3.63, 3.8) is 0 Å². The zero-order chi connectivity index (χ0) is 12.7. The highest BCUT2D eigenvalue weighted by Gasteiger charge is 2.41. The minimum Gasteiger partial charge on any atom is -0.367 e. The van der Waals surface area contributed by atoms with E-state index in [-0.39, 0.29) is 11.2 Å². The smallest absolute Gasteiger partial charge is 0.0760 e. The summed E-state index contributed by atoms with van der Waals surface area (Å²) in [5.74, 6) is 0. The van der Waals surface area contributed by atoms with Gasteiger partial charge in [-0.05, 0) is 47.0 Å². The Hall–Kier alpha value is -0.120. The standard InChI is InChI=1S/C14H28N2O/c1-13(2)9-16(10-14(3,4)17-13)12-7-5-6-11(15)8-12/h11-12H,5-10,15H2,1-4H3. The van der Waals surface area contributed by atoms with Crippen molar-refractivity contribution in [3.05, 3.63) is 0 Å². The van der Waals surface area contributed by atoms with Gasteiger partial charge >= 0.3 is 0 Å². The Kier molecular flexibility index (Phi) is 3.54. The summed E-state index contributed by atoms with van der Waals surface area (Å²) in [6.07, 6.45) is 4.95. The normalized spacial score (nSPS) is 37.9. The highest BCUT2D eigenvalue weighted by molar-refractivity contribution is 4.93. The summed E-state index contributed by atoms with van der Waals surface area (Å²) in [7, 11) is 0. The third-order valence-corrected chi connectivity index (χ3v) is 3.92. The van der Waals surface area contributed by atoms with Crippen molar-refractivity contribution < 1.29 is 4.74 Å². The first kappa shape index (κ1) is 13.3. The van der Waals surface area contributed by atoms with E-state index in [0.29, 0.717) is 12.1 Å². The summed E-state index contributed by atoms with van der Waals surface area (Å²) in [5, 5.41) is 0. The third kappa shape index (κ3) is 3.43. The van der Waals surface area contributed by atoms with Crippen LogP contribution in [0.1, 0.15) is 53.4 Å². The van der Waals surface area contributed by atoms with Crippen LogP contribution >= 0.6 is 0 Å². The average molecular weight is 240 g/mol. The predicted octanol–water partition coefficient (Wildman–Crippen LogP) is 2.15. The van der Waals surface area contributed by atoms with Crippen molar-refractivity contribution in [2.45, 2.75) is 76.7 Å². The Bertz CT molecular complexity index is 259. The molecule has 1 saturated heterocycles. The van der Waals surface area contributed by atoms with Crippen LogP contribution < -0.4 is 5.73 Å². The molecule has 0 aromatic carbocycles. The fourth-order valence-corrected chi connectivity index (χ4v) is 3.64. The molecule has 2 unspecified atom stereocenters. The van der Waals surface area contributed by atoms with E-state index in [2.05, 4.69) is 32.6 Å². The second-order valence-corrected chi connectivity index (χ2v) is 7.11. The van der Waals surface area contributed by atoms with Crippen LogP contribution in [-0.4, -0.2) is 41.3 Å². The van der Waals surface area contributed by atoms with Crippen LogP contribution in [0.15, 0.2) is 0 Å². The third-order valence-electron chi connectivity index (χ3n) is 3.92. The maximum absolute atomic E-state index is 6.14. The van der Waals surface area contributed by atoms with Crippen LogP contribution in [0.5, 0.6) is 0 Å². The topological polar surface area (TPSA) is 38.5 Å². The molecular formula is C14H28N2O. The van der Waals surface area contributed by atoms with Gasteiger partial charge in [0.05, 0.1) is 11.2 Å². The van der Waals surface area contributed by atoms with Gasteiger partial charge in [0.15, 0.2) is 0 Å². The van der Waals surface area contributed by atoms with Crippen LogP contribution in [-0.2, 0) is 4.74 Å². The second-order valence-electron chi connectivity index (χ2n) is 7.11. The van der Waals surface area contributed by atoms with Gasteiger partial charge in [-0.1, -0.05) is 6.42 Å². The highest BCUT2D eigenvalue weighted by atomic mass is 16.5. The van der Waals surface area contributed by atoms with Gasteiger partial charge < -0.3 is 10.5 Å². The molecule has 1 saturated carbocycles. The first-order valence-electron chi connectivity index (χ1n) is 6.97. The fraction of sp³-hybridized carbons (Fsp3) is 1.00. The van der Waals surface area contributed by atoms with Crippen LogP contribution in [0, 0.1) is 0 Å². The molecule has 0 radical (unpaired) electrons. The Balaban J connectivity index is 2.04. The molecule has 3 heteroatoms. The van der Waals surface area contributed by atoms with Crippen LogP contribution in [0.25, 0.3) is 0 Å². The molecule has 2 fully saturated rings. The summed E-state index contributed by atoms with van der Waals surface area (Å²) in [6, 6.07) is 1.07. The Morgan fingerprint density at radius 3 is 2.18 bits per heavy atom. The summed E-state index contributed by atoms with van der Waals surface area (Å²) >= 11 is 0. The van der Waals surface area contributed by atoms with Gasteiger partial charge in [-0.25, -0.2) is 0 Å². The number of nitrogens with zero attached hydrogens (tertiary/aromatic N) is 1. The van der Waals surface area contributed by atoms with Gasteiger partial charge in [0.2, 0.25) is 0 Å². The average Bonchev–Trinajstić information content (AvgIpc) is 2.12. The molecule has 17 heavy (non-hydrogen) atoms. The van der Waals surface area contributed by atoms with Crippen molar-refractivity contribution >= 4 is 0 Å². The maximum atomic E-state index is 6.14. The molecular weight excluding hydrogens is 212 g/mol. The van der Waals surface area contributed by atoms with Gasteiger partial charge in [0, 0.05) is 25.2 Å². The summed E-state index contributed by atoms with van der Waals surface area (Å²) in [4.78, 5) is 2.61. The van der Waals surface area contributed by atoms with Crippen molar-refractivity contribution in [2.24, 2.45) is 5.73 Å². The molecule has 0 amide bonds. The molecule has 0 aromatic heterocycles. The minimum absolute atomic E-state index is 0.0384. The number of morpholine rings is 1. The van der Waals surface area contributed by atoms with Gasteiger partial charge in [0.25, 0.3) is 0 Å². The number of hydrogen-bond donors (Lipinski definition) is 1. The maximum Gasteiger partial charge on any atom is 0.0760 e. The van der Waals surface area contributed by atoms with Gasteiger partial charge in [-0.15, -0.1) is 0 Å². The van der Waals surface area contributed by atoms with E-state index in [1.165, 1.54) is 19.3 Å². The predicted molar refractivity (Wildman–Crippen MR) is 71.0 cm³/mol. The van der Waals surface area contributed by atoms with Crippen LogP contribution in [0.2, 0.25) is 0 Å². The molecule has 0 bridgehead atoms. The lowest BCUT2D eigenvalue weighted by Crippen LogP contribution is -2.60. The quantitative estimate of drug-likeness (QED) is 0.763. The summed E-state index contributed by atoms with van der Waals surface area (Å²) in [6.45, 7) is 10.9. The lowest BCUT2D eigenvalue weighted by Gasteiger charge is -2.50. The number of ether oxygens (including phenoxy) is 1. The van der Waals surface area contributed by atoms with E-state index in [4.69, 9.17) is 10.5 Å². The molecule has 0 spiro atoms. The lowest BCUT2D eigenvalue weighted by molar-refractivity contribution is -0.189. The second kappa shape index (κ2) is 4.52. The Labute approximate surface area is 106 Å². The van der Waals surface area contributed by atoms with Crippen molar-refractivity contribution in [1.82, 2.24) is 4.90 Å². The lowest BCUT2D eigenvalue weighted by atomic mass is 9.88. The zero-order valence-electron chi connectivity index (χ0n) is 11.8. The van der Waals surface area contributed by atoms with Gasteiger partial charge in [-0.3, -0.25) is 4.90 Å². The van der Waals surface area contributed by atoms with E-state index < -0.39 is 0 Å². The zero-order valence-corrected chi connectivity index (χ0v) is 11.8. The largest absolute Gasteiger partial charge is 0.367 e. The van der Waals surface area contributed by atoms with Crippen molar-refractivity contribution in [3.8, 4) is 0 Å². The van der Waals surface area contributed by atoms with E-state index in [9.17, 15) is 0 Å².